The standard InChI is InChI=1S/C18H25F2N5O/c1-22-18(25-10-12-26-13-11-25)16(20)17(21)24-8-6-23(7-9-24)15-5-3-2-4-14(15)19/h2-5,21-22H,6-13H2,1H3/b18-16-,21-17?. The van der Waals surface area contributed by atoms with Crippen LogP contribution in [0.2, 0.25) is 0 Å². The van der Waals surface area contributed by atoms with Gasteiger partial charge in [-0.3, -0.25) is 5.41 Å². The first-order valence-electron chi connectivity index (χ1n) is 8.85. The van der Waals surface area contributed by atoms with Crippen molar-refractivity contribution in [1.82, 2.24) is 15.1 Å². The Kier molecular flexibility index (Phi) is 5.92. The third-order valence-corrected chi connectivity index (χ3v) is 4.77. The van der Waals surface area contributed by atoms with Gasteiger partial charge in [-0.05, 0) is 12.1 Å². The van der Waals surface area contributed by atoms with Crippen LogP contribution in [0.25, 0.3) is 0 Å². The summed E-state index contributed by atoms with van der Waals surface area (Å²) in [6.07, 6.45) is 0. The van der Waals surface area contributed by atoms with Crippen LogP contribution >= 0.6 is 0 Å². The van der Waals surface area contributed by atoms with Crippen LogP contribution in [-0.2, 0) is 4.74 Å². The van der Waals surface area contributed by atoms with Gasteiger partial charge in [0, 0.05) is 46.3 Å². The number of hydrogen-bond acceptors (Lipinski definition) is 5. The Hall–Kier alpha value is -2.35. The maximum absolute atomic E-state index is 14.9. The minimum absolute atomic E-state index is 0.131. The van der Waals surface area contributed by atoms with Gasteiger partial charge in [0.2, 0.25) is 5.83 Å². The highest BCUT2D eigenvalue weighted by atomic mass is 19.1. The Morgan fingerprint density at radius 2 is 1.69 bits per heavy atom. The first kappa shape index (κ1) is 18.4. The summed E-state index contributed by atoms with van der Waals surface area (Å²) in [6, 6.07) is 6.65. The van der Waals surface area contributed by atoms with Crippen LogP contribution in [-0.4, -0.2) is 75.2 Å². The molecular weight excluding hydrogens is 340 g/mol. The predicted octanol–water partition coefficient (Wildman–Crippen LogP) is 1.62. The Morgan fingerprint density at radius 1 is 1.04 bits per heavy atom. The molecule has 2 fully saturated rings. The molecule has 2 aliphatic heterocycles. The van der Waals surface area contributed by atoms with Crippen molar-refractivity contribution in [2.24, 2.45) is 0 Å². The van der Waals surface area contributed by atoms with Crippen LogP contribution in [0.4, 0.5) is 14.5 Å². The summed E-state index contributed by atoms with van der Waals surface area (Å²) in [6.45, 7) is 4.32. The number of halogens is 2. The van der Waals surface area contributed by atoms with E-state index in [1.165, 1.54) is 6.07 Å². The molecule has 2 aliphatic rings. The van der Waals surface area contributed by atoms with Crippen molar-refractivity contribution in [3.8, 4) is 0 Å². The lowest BCUT2D eigenvalue weighted by atomic mass is 10.2. The van der Waals surface area contributed by atoms with E-state index in [9.17, 15) is 8.78 Å². The summed E-state index contributed by atoms with van der Waals surface area (Å²) in [7, 11) is 1.66. The van der Waals surface area contributed by atoms with E-state index in [0.29, 0.717) is 64.0 Å². The van der Waals surface area contributed by atoms with Crippen molar-refractivity contribution in [2.75, 3.05) is 64.4 Å². The summed E-state index contributed by atoms with van der Waals surface area (Å²) in [5, 5.41) is 11.1. The molecule has 0 amide bonds. The fourth-order valence-electron chi connectivity index (χ4n) is 3.32. The van der Waals surface area contributed by atoms with Crippen molar-refractivity contribution in [2.45, 2.75) is 0 Å². The molecule has 3 rings (SSSR count). The smallest absolute Gasteiger partial charge is 0.204 e. The lowest BCUT2D eigenvalue weighted by Crippen LogP contribution is -2.50. The van der Waals surface area contributed by atoms with Gasteiger partial charge in [-0.2, -0.15) is 4.39 Å². The highest BCUT2D eigenvalue weighted by Crippen LogP contribution is 2.21. The molecule has 1 aromatic carbocycles. The predicted molar refractivity (Wildman–Crippen MR) is 97.5 cm³/mol. The molecule has 0 bridgehead atoms. The van der Waals surface area contributed by atoms with Crippen LogP contribution in [0.5, 0.6) is 0 Å². The van der Waals surface area contributed by atoms with Crippen molar-refractivity contribution >= 4 is 11.5 Å². The molecule has 2 N–H and O–H groups in total. The van der Waals surface area contributed by atoms with Crippen LogP contribution < -0.4 is 10.2 Å². The lowest BCUT2D eigenvalue weighted by molar-refractivity contribution is 0.0496. The topological polar surface area (TPSA) is 54.8 Å². The molecular formula is C18H25F2N5O. The number of rotatable bonds is 4. The number of morpholine rings is 1. The molecule has 26 heavy (non-hydrogen) atoms. The molecule has 6 nitrogen and oxygen atoms in total. The van der Waals surface area contributed by atoms with Gasteiger partial charge in [0.1, 0.15) is 11.6 Å². The number of para-hydroxylation sites is 1. The molecule has 0 saturated carbocycles. The van der Waals surface area contributed by atoms with Crippen molar-refractivity contribution in [1.29, 1.82) is 5.41 Å². The summed E-state index contributed by atoms with van der Waals surface area (Å²) in [5.41, 5.74) is 0.555. The molecule has 0 unspecified atom stereocenters. The third-order valence-electron chi connectivity index (χ3n) is 4.77. The van der Waals surface area contributed by atoms with Crippen molar-refractivity contribution in [3.63, 3.8) is 0 Å². The van der Waals surface area contributed by atoms with Crippen molar-refractivity contribution < 1.29 is 13.5 Å². The van der Waals surface area contributed by atoms with Gasteiger partial charge in [0.25, 0.3) is 0 Å². The highest BCUT2D eigenvalue weighted by Gasteiger charge is 2.26. The maximum atomic E-state index is 14.9. The molecule has 142 valence electrons. The van der Waals surface area contributed by atoms with E-state index >= 15 is 0 Å². The average molecular weight is 365 g/mol. The number of nitrogens with zero attached hydrogens (tertiary/aromatic N) is 3. The van der Waals surface area contributed by atoms with E-state index in [1.54, 1.807) is 30.1 Å². The van der Waals surface area contributed by atoms with E-state index in [2.05, 4.69) is 5.32 Å². The monoisotopic (exact) mass is 365 g/mol. The highest BCUT2D eigenvalue weighted by molar-refractivity contribution is 5.94. The van der Waals surface area contributed by atoms with E-state index in [1.807, 2.05) is 9.80 Å². The number of ether oxygens (including phenoxy) is 1. The average Bonchev–Trinajstić information content (AvgIpc) is 2.69. The maximum Gasteiger partial charge on any atom is 0.204 e. The largest absolute Gasteiger partial charge is 0.378 e. The Bertz CT molecular complexity index is 667. The van der Waals surface area contributed by atoms with Crippen LogP contribution in [0.1, 0.15) is 0 Å². The normalized spacial score (nSPS) is 19.3. The molecule has 0 aliphatic carbocycles. The van der Waals surface area contributed by atoms with E-state index in [4.69, 9.17) is 10.1 Å². The molecule has 0 aromatic heterocycles. The van der Waals surface area contributed by atoms with Gasteiger partial charge >= 0.3 is 0 Å². The summed E-state index contributed by atoms with van der Waals surface area (Å²) in [5.74, 6) is -0.621. The molecule has 8 heteroatoms. The molecule has 0 atom stereocenters. The van der Waals surface area contributed by atoms with Gasteiger partial charge in [-0.25, -0.2) is 4.39 Å². The van der Waals surface area contributed by atoms with Crippen LogP contribution in [0.15, 0.2) is 35.9 Å². The second-order valence-electron chi connectivity index (χ2n) is 6.29. The number of hydrogen-bond donors (Lipinski definition) is 2. The quantitative estimate of drug-likeness (QED) is 0.627. The zero-order valence-corrected chi connectivity index (χ0v) is 15.0. The van der Waals surface area contributed by atoms with E-state index < -0.39 is 5.83 Å². The van der Waals surface area contributed by atoms with Crippen LogP contribution in [0.3, 0.4) is 0 Å². The molecule has 1 aromatic rings. The zero-order chi connectivity index (χ0) is 18.5. The molecule has 0 radical (unpaired) electrons. The second kappa shape index (κ2) is 8.35. The number of anilines is 1. The number of amidine groups is 1. The first-order chi connectivity index (χ1) is 12.6. The summed E-state index contributed by atoms with van der Waals surface area (Å²) < 4.78 is 34.1. The SMILES string of the molecule is CN/C(=C(/F)C(=N)N1CCN(c2ccccc2F)CC1)N1CCOCC1. The van der Waals surface area contributed by atoms with Gasteiger partial charge in [0.15, 0.2) is 5.84 Å². The first-order valence-corrected chi connectivity index (χ1v) is 8.85. The third kappa shape index (κ3) is 3.90. The second-order valence-corrected chi connectivity index (χ2v) is 6.29. The van der Waals surface area contributed by atoms with Gasteiger partial charge in [-0.15, -0.1) is 0 Å². The van der Waals surface area contributed by atoms with Crippen LogP contribution in [0, 0.1) is 11.2 Å². The van der Waals surface area contributed by atoms with Gasteiger partial charge in [0.05, 0.1) is 18.9 Å². The molecule has 2 saturated heterocycles. The minimum Gasteiger partial charge on any atom is -0.378 e. The zero-order valence-electron chi connectivity index (χ0n) is 15.0. The molecule has 0 spiro atoms. The van der Waals surface area contributed by atoms with Gasteiger partial charge in [-0.1, -0.05) is 12.1 Å². The van der Waals surface area contributed by atoms with E-state index in [-0.39, 0.29) is 11.7 Å². The number of benzene rings is 1. The van der Waals surface area contributed by atoms with Gasteiger partial charge < -0.3 is 24.8 Å². The lowest BCUT2D eigenvalue weighted by Gasteiger charge is -2.38. The molecule has 2 heterocycles. The Labute approximate surface area is 152 Å². The fourth-order valence-corrected chi connectivity index (χ4v) is 3.32. The summed E-state index contributed by atoms with van der Waals surface area (Å²) >= 11 is 0. The van der Waals surface area contributed by atoms with E-state index in [0.717, 1.165) is 0 Å². The fraction of sp³-hybridized carbons (Fsp3) is 0.500. The Morgan fingerprint density at radius 3 is 2.31 bits per heavy atom. The van der Waals surface area contributed by atoms with Crippen molar-refractivity contribution in [3.05, 3.63) is 41.7 Å². The summed E-state index contributed by atoms with van der Waals surface area (Å²) in [4.78, 5) is 5.50. The number of piperazine rings is 1. The number of nitrogens with one attached hydrogen (secondary N) is 2. The minimum atomic E-state index is -0.561. The Balaban J connectivity index is 1.65.